The topological polar surface area (TPSA) is 29.7 Å². The lowest BCUT2D eigenvalue weighted by Crippen LogP contribution is -2.46. The van der Waals surface area contributed by atoms with E-state index >= 15 is 0 Å². The summed E-state index contributed by atoms with van der Waals surface area (Å²) in [6, 6.07) is 11.2. The van der Waals surface area contributed by atoms with Crippen LogP contribution in [0.2, 0.25) is 0 Å². The van der Waals surface area contributed by atoms with Gasteiger partial charge in [-0.05, 0) is 54.0 Å². The van der Waals surface area contributed by atoms with Crippen molar-refractivity contribution in [2.45, 2.75) is 38.6 Å². The van der Waals surface area contributed by atoms with Crippen molar-refractivity contribution in [1.29, 1.82) is 0 Å². The van der Waals surface area contributed by atoms with Gasteiger partial charge in [0.25, 0.3) is 0 Å². The maximum Gasteiger partial charge on any atom is 0.127 e. The number of rotatable bonds is 1. The van der Waals surface area contributed by atoms with Crippen molar-refractivity contribution < 1.29 is 4.39 Å². The second-order valence-corrected chi connectivity index (χ2v) is 8.36. The van der Waals surface area contributed by atoms with Gasteiger partial charge in [0, 0.05) is 22.1 Å². The van der Waals surface area contributed by atoms with E-state index in [1.807, 2.05) is 28.8 Å². The molecular formula is C20H19BrFN3. The first-order chi connectivity index (χ1) is 11.7. The number of nitrogens with zero attached hydrogens (tertiary/aromatic N) is 3. The monoisotopic (exact) mass is 399 g/mol. The van der Waals surface area contributed by atoms with E-state index in [-0.39, 0.29) is 5.82 Å². The fourth-order valence-electron chi connectivity index (χ4n) is 3.46. The molecule has 0 fully saturated rings. The minimum Gasteiger partial charge on any atom is -0.277 e. The summed E-state index contributed by atoms with van der Waals surface area (Å²) in [7, 11) is 0. The SMILES string of the molecule is CC1(C)N=C(c2cnn3c(Br)ccc3c2)c2cccc(F)c2C1(C)C. The van der Waals surface area contributed by atoms with Crippen molar-refractivity contribution in [2.75, 3.05) is 0 Å². The van der Waals surface area contributed by atoms with E-state index in [0.717, 1.165) is 32.5 Å². The highest BCUT2D eigenvalue weighted by molar-refractivity contribution is 9.10. The minimum atomic E-state index is -0.438. The van der Waals surface area contributed by atoms with Crippen molar-refractivity contribution in [3.8, 4) is 0 Å². The predicted octanol–water partition coefficient (Wildman–Crippen LogP) is 5.14. The largest absolute Gasteiger partial charge is 0.277 e. The van der Waals surface area contributed by atoms with Crippen LogP contribution in [0.25, 0.3) is 5.52 Å². The smallest absolute Gasteiger partial charge is 0.127 e. The Bertz CT molecular complexity index is 1030. The van der Waals surface area contributed by atoms with Crippen LogP contribution in [0.5, 0.6) is 0 Å². The minimum absolute atomic E-state index is 0.178. The fourth-order valence-corrected chi connectivity index (χ4v) is 3.89. The van der Waals surface area contributed by atoms with Crippen LogP contribution in [-0.2, 0) is 5.41 Å². The molecule has 0 saturated heterocycles. The van der Waals surface area contributed by atoms with Crippen molar-refractivity contribution in [3.05, 3.63) is 69.7 Å². The van der Waals surface area contributed by atoms with Crippen LogP contribution in [0.15, 0.2) is 52.2 Å². The van der Waals surface area contributed by atoms with Crippen LogP contribution in [0.4, 0.5) is 4.39 Å². The molecule has 1 aliphatic rings. The molecule has 4 rings (SSSR count). The molecule has 128 valence electrons. The quantitative estimate of drug-likeness (QED) is 0.556. The van der Waals surface area contributed by atoms with Gasteiger partial charge in [0.05, 0.1) is 23.0 Å². The molecule has 25 heavy (non-hydrogen) atoms. The Labute approximate surface area is 154 Å². The van der Waals surface area contributed by atoms with Crippen LogP contribution >= 0.6 is 15.9 Å². The molecule has 0 saturated carbocycles. The predicted molar refractivity (Wildman–Crippen MR) is 102 cm³/mol. The Balaban J connectivity index is 2.00. The molecule has 0 aliphatic carbocycles. The van der Waals surface area contributed by atoms with Crippen molar-refractivity contribution in [2.24, 2.45) is 4.99 Å². The number of fused-ring (bicyclic) bond motifs is 2. The number of hydrogen-bond donors (Lipinski definition) is 0. The van der Waals surface area contributed by atoms with Crippen LogP contribution in [0.1, 0.15) is 44.4 Å². The molecule has 1 aliphatic heterocycles. The van der Waals surface area contributed by atoms with Crippen molar-refractivity contribution in [1.82, 2.24) is 9.61 Å². The van der Waals surface area contributed by atoms with Crippen molar-refractivity contribution in [3.63, 3.8) is 0 Å². The third-order valence-electron chi connectivity index (χ3n) is 5.54. The zero-order chi connectivity index (χ0) is 18.0. The van der Waals surface area contributed by atoms with Crippen LogP contribution in [0.3, 0.4) is 0 Å². The molecule has 1 aromatic carbocycles. The Hall–Kier alpha value is -2.01. The van der Waals surface area contributed by atoms with Gasteiger partial charge in [-0.25, -0.2) is 8.91 Å². The Morgan fingerprint density at radius 3 is 2.60 bits per heavy atom. The van der Waals surface area contributed by atoms with Gasteiger partial charge in [-0.1, -0.05) is 26.0 Å². The molecule has 0 spiro atoms. The summed E-state index contributed by atoms with van der Waals surface area (Å²) in [5.41, 5.74) is 3.38. The van der Waals surface area contributed by atoms with Gasteiger partial charge in [-0.15, -0.1) is 0 Å². The summed E-state index contributed by atoms with van der Waals surface area (Å²) in [6.07, 6.45) is 1.79. The number of hydrogen-bond acceptors (Lipinski definition) is 2. The maximum absolute atomic E-state index is 14.8. The molecule has 3 heterocycles. The molecule has 0 bridgehead atoms. The number of aliphatic imine (C=N–C) groups is 1. The number of aromatic nitrogens is 2. The summed E-state index contributed by atoms with van der Waals surface area (Å²) in [5.74, 6) is -0.178. The highest BCUT2D eigenvalue weighted by Crippen LogP contribution is 2.45. The molecule has 0 radical (unpaired) electrons. The molecule has 3 aromatic rings. The Morgan fingerprint density at radius 1 is 1.08 bits per heavy atom. The first-order valence-electron chi connectivity index (χ1n) is 8.25. The lowest BCUT2D eigenvalue weighted by atomic mass is 9.65. The molecule has 0 unspecified atom stereocenters. The molecular weight excluding hydrogens is 381 g/mol. The van der Waals surface area contributed by atoms with Gasteiger partial charge in [0.1, 0.15) is 10.4 Å². The van der Waals surface area contributed by atoms with Gasteiger partial charge in [-0.3, -0.25) is 4.99 Å². The Kier molecular flexibility index (Phi) is 3.45. The Morgan fingerprint density at radius 2 is 1.84 bits per heavy atom. The third-order valence-corrected chi connectivity index (χ3v) is 6.14. The third kappa shape index (κ3) is 2.29. The second-order valence-electron chi connectivity index (χ2n) is 7.54. The maximum atomic E-state index is 14.8. The van der Waals surface area contributed by atoms with Crippen LogP contribution in [0, 0.1) is 5.82 Å². The van der Waals surface area contributed by atoms with Gasteiger partial charge >= 0.3 is 0 Å². The zero-order valence-electron chi connectivity index (χ0n) is 14.6. The van der Waals surface area contributed by atoms with E-state index in [1.165, 1.54) is 6.07 Å². The molecule has 5 heteroatoms. The van der Waals surface area contributed by atoms with Gasteiger partial charge in [0.15, 0.2) is 0 Å². The lowest BCUT2D eigenvalue weighted by molar-refractivity contribution is 0.293. The molecule has 2 aromatic heterocycles. The second kappa shape index (κ2) is 5.24. The molecule has 0 N–H and O–H groups in total. The van der Waals surface area contributed by atoms with E-state index in [2.05, 4.69) is 48.7 Å². The fraction of sp³-hybridized carbons (Fsp3) is 0.300. The summed E-state index contributed by atoms with van der Waals surface area (Å²) < 4.78 is 17.5. The van der Waals surface area contributed by atoms with Gasteiger partial charge < -0.3 is 0 Å². The average Bonchev–Trinajstić information content (AvgIpc) is 2.92. The normalized spacial score (nSPS) is 18.1. The molecule has 3 nitrogen and oxygen atoms in total. The molecule has 0 atom stereocenters. The van der Waals surface area contributed by atoms with E-state index in [0.29, 0.717) is 0 Å². The van der Waals surface area contributed by atoms with E-state index < -0.39 is 11.0 Å². The van der Waals surface area contributed by atoms with Crippen LogP contribution in [-0.4, -0.2) is 20.9 Å². The van der Waals surface area contributed by atoms with E-state index in [1.54, 1.807) is 12.3 Å². The van der Waals surface area contributed by atoms with Crippen LogP contribution < -0.4 is 0 Å². The number of benzene rings is 1. The molecule has 0 amide bonds. The van der Waals surface area contributed by atoms with E-state index in [9.17, 15) is 4.39 Å². The summed E-state index contributed by atoms with van der Waals surface area (Å²) in [5, 5.41) is 4.49. The first kappa shape index (κ1) is 16.5. The van der Waals surface area contributed by atoms with Gasteiger partial charge in [0.2, 0.25) is 0 Å². The summed E-state index contributed by atoms with van der Waals surface area (Å²) in [6.45, 7) is 8.23. The average molecular weight is 400 g/mol. The van der Waals surface area contributed by atoms with E-state index in [4.69, 9.17) is 4.99 Å². The van der Waals surface area contributed by atoms with Gasteiger partial charge in [-0.2, -0.15) is 5.10 Å². The van der Waals surface area contributed by atoms with Crippen molar-refractivity contribution >= 4 is 27.2 Å². The number of halogens is 2. The zero-order valence-corrected chi connectivity index (χ0v) is 16.2. The standard InChI is InChI=1S/C20H19BrFN3/c1-19(2)17-14(6-5-7-15(17)22)18(24-20(19,3)4)12-10-13-8-9-16(21)25(13)23-11-12/h5-11H,1-4H3. The highest BCUT2D eigenvalue weighted by Gasteiger charge is 2.45. The summed E-state index contributed by atoms with van der Waals surface area (Å²) in [4.78, 5) is 5.02. The lowest BCUT2D eigenvalue weighted by Gasteiger charge is -2.44. The highest BCUT2D eigenvalue weighted by atomic mass is 79.9. The first-order valence-corrected chi connectivity index (χ1v) is 9.04. The summed E-state index contributed by atoms with van der Waals surface area (Å²) >= 11 is 3.48.